The normalized spacial score (nSPS) is 6.58. The molecule has 4 heteroatoms. The molecular formula is C8H13NO2Y-2. The number of carbonyl (C=O) groups is 2. The molecule has 1 N–H and O–H groups in total. The third-order valence-electron chi connectivity index (χ3n) is 0.697. The van der Waals surface area contributed by atoms with Crippen LogP contribution in [0.25, 0.3) is 0 Å². The monoisotopic (exact) mass is 244 g/mol. The van der Waals surface area contributed by atoms with Crippen LogP contribution in [0.3, 0.4) is 0 Å². The summed E-state index contributed by atoms with van der Waals surface area (Å²) >= 11 is 0. The van der Waals surface area contributed by atoms with Gasteiger partial charge in [-0.1, -0.05) is 0 Å². The molecule has 1 radical (unpaired) electrons. The summed E-state index contributed by atoms with van der Waals surface area (Å²) in [5.74, 6) is -0.518. The molecule has 0 saturated heterocycles. The van der Waals surface area contributed by atoms with Crippen LogP contribution in [0.5, 0.6) is 0 Å². The molecule has 1 amide bonds. The van der Waals surface area contributed by atoms with Crippen molar-refractivity contribution in [3.63, 3.8) is 0 Å². The van der Waals surface area contributed by atoms with Crippen molar-refractivity contribution in [3.8, 4) is 0 Å². The fourth-order valence-corrected chi connectivity index (χ4v) is 0.271. The topological polar surface area (TPSA) is 46.2 Å². The molecule has 0 atom stereocenters. The third kappa shape index (κ3) is 16.5. The predicted octanol–water partition coefficient (Wildman–Crippen LogP) is 0.519. The van der Waals surface area contributed by atoms with E-state index < -0.39 is 0 Å². The molecule has 3 nitrogen and oxygen atoms in total. The van der Waals surface area contributed by atoms with Gasteiger partial charge in [0.1, 0.15) is 0 Å². The second kappa shape index (κ2) is 13.6. The molecule has 0 bridgehead atoms. The maximum Gasteiger partial charge on any atom is 0.215 e. The Morgan fingerprint density at radius 3 is 2.17 bits per heavy atom. The Bertz CT molecular complexity index is 146. The second-order valence-corrected chi connectivity index (χ2v) is 1.54. The van der Waals surface area contributed by atoms with Gasteiger partial charge in [0.25, 0.3) is 0 Å². The average Bonchev–Trinajstić information content (AvgIpc) is 2.04. The van der Waals surface area contributed by atoms with Gasteiger partial charge in [-0.25, -0.2) is 0 Å². The zero-order chi connectivity index (χ0) is 9.28. The third-order valence-corrected chi connectivity index (χ3v) is 0.697. The number of hydrogen-bond donors (Lipinski definition) is 1. The van der Waals surface area contributed by atoms with Crippen molar-refractivity contribution in [1.82, 2.24) is 5.32 Å². The molecule has 12 heavy (non-hydrogen) atoms. The number of hydrogen-bond acceptors (Lipinski definition) is 2. The Labute approximate surface area is 98.9 Å². The van der Waals surface area contributed by atoms with Crippen LogP contribution in [0.4, 0.5) is 0 Å². The summed E-state index contributed by atoms with van der Waals surface area (Å²) in [6.45, 7) is 11.2. The first-order valence-electron chi connectivity index (χ1n) is 3.19. The summed E-state index contributed by atoms with van der Waals surface area (Å²) in [5.41, 5.74) is 0. The van der Waals surface area contributed by atoms with E-state index in [1.165, 1.54) is 6.92 Å². The van der Waals surface area contributed by atoms with Crippen LogP contribution in [0.1, 0.15) is 13.8 Å². The van der Waals surface area contributed by atoms with Crippen LogP contribution in [0, 0.1) is 13.5 Å². The average molecular weight is 244 g/mol. The van der Waals surface area contributed by atoms with E-state index in [-0.39, 0.29) is 50.9 Å². The fourth-order valence-electron chi connectivity index (χ4n) is 0.271. The molecule has 0 aromatic heterocycles. The van der Waals surface area contributed by atoms with Gasteiger partial charge in [0.2, 0.25) is 5.91 Å². The molecule has 0 rings (SSSR count). The summed E-state index contributed by atoms with van der Waals surface area (Å²) in [6, 6.07) is 0. The summed E-state index contributed by atoms with van der Waals surface area (Å²) in [7, 11) is 0. The molecular weight excluding hydrogens is 231 g/mol. The van der Waals surface area contributed by atoms with E-state index in [4.69, 9.17) is 6.58 Å². The minimum absolute atomic E-state index is 0. The Morgan fingerprint density at radius 2 is 1.92 bits per heavy atom. The van der Waals surface area contributed by atoms with E-state index in [9.17, 15) is 9.59 Å². The van der Waals surface area contributed by atoms with Crippen LogP contribution < -0.4 is 5.32 Å². The van der Waals surface area contributed by atoms with Gasteiger partial charge < -0.3 is 17.0 Å². The Kier molecular flexibility index (Phi) is 20.3. The zero-order valence-electron chi connectivity index (χ0n) is 7.46. The van der Waals surface area contributed by atoms with E-state index in [1.807, 2.05) is 0 Å². The van der Waals surface area contributed by atoms with Gasteiger partial charge in [0.05, 0.1) is 0 Å². The van der Waals surface area contributed by atoms with Gasteiger partial charge in [0.15, 0.2) is 0 Å². The van der Waals surface area contributed by atoms with Crippen molar-refractivity contribution in [2.24, 2.45) is 0 Å². The minimum Gasteiger partial charge on any atom is -0.405 e. The summed E-state index contributed by atoms with van der Waals surface area (Å²) in [5, 5.41) is 2.30. The first-order valence-corrected chi connectivity index (χ1v) is 3.19. The summed E-state index contributed by atoms with van der Waals surface area (Å²) in [6.07, 6.45) is 0.927. The van der Waals surface area contributed by atoms with E-state index >= 15 is 0 Å². The predicted molar refractivity (Wildman–Crippen MR) is 43.6 cm³/mol. The number of nitrogens with one attached hydrogen (secondary N) is 1. The molecule has 67 valence electrons. The number of ketones is 1. The van der Waals surface area contributed by atoms with Crippen molar-refractivity contribution in [1.29, 1.82) is 0 Å². The van der Waals surface area contributed by atoms with Crippen molar-refractivity contribution in [2.45, 2.75) is 13.8 Å². The number of amides is 1. The Hall–Kier alpha value is -0.0161. The maximum atomic E-state index is 10.3. The van der Waals surface area contributed by atoms with Crippen LogP contribution in [0.15, 0.2) is 6.08 Å². The Morgan fingerprint density at radius 1 is 1.50 bits per heavy atom. The number of rotatable bonds is 3. The van der Waals surface area contributed by atoms with Gasteiger partial charge in [-0.15, -0.1) is 0 Å². The smallest absolute Gasteiger partial charge is 0.215 e. The van der Waals surface area contributed by atoms with Crippen LogP contribution in [-0.2, 0) is 42.3 Å². The molecule has 0 aliphatic heterocycles. The second-order valence-electron chi connectivity index (χ2n) is 1.54. The summed E-state index contributed by atoms with van der Waals surface area (Å²) < 4.78 is 0. The molecule has 0 heterocycles. The van der Waals surface area contributed by atoms with Gasteiger partial charge >= 0.3 is 0 Å². The fraction of sp³-hybridized carbons (Fsp3) is 0.375. The SMILES string of the molecule is [CH-]=CC(=O)CNC(C)=O.[CH2-]C.[Y]. The quantitative estimate of drug-likeness (QED) is 0.581. The maximum absolute atomic E-state index is 10.3. The van der Waals surface area contributed by atoms with Gasteiger partial charge in [-0.3, -0.25) is 11.4 Å². The van der Waals surface area contributed by atoms with E-state index in [1.54, 1.807) is 6.92 Å². The van der Waals surface area contributed by atoms with Gasteiger partial charge in [-0.05, 0) is 0 Å². The zero-order valence-corrected chi connectivity index (χ0v) is 10.3. The molecule has 0 spiro atoms. The van der Waals surface area contributed by atoms with E-state index in [0.29, 0.717) is 0 Å². The van der Waals surface area contributed by atoms with Crippen molar-refractivity contribution in [3.05, 3.63) is 19.6 Å². The van der Waals surface area contributed by atoms with Crippen LogP contribution >= 0.6 is 0 Å². The standard InChI is InChI=1S/C6H8NO2.C2H5.Y/c1-3-6(9)4-7-5(2)8;1-2;/h1,3H,4H2,2H3,(H,7,8);1H2,2H3;/q2*-1;. The largest absolute Gasteiger partial charge is 0.405 e. The first kappa shape index (κ1) is 17.9. The molecule has 0 saturated carbocycles. The molecule has 0 aromatic rings. The van der Waals surface area contributed by atoms with Gasteiger partial charge in [0, 0.05) is 52.0 Å². The molecule has 0 aromatic carbocycles. The first-order chi connectivity index (χ1) is 5.16. The molecule has 0 aliphatic rings. The summed E-state index contributed by atoms with van der Waals surface area (Å²) in [4.78, 5) is 20.5. The van der Waals surface area contributed by atoms with E-state index in [0.717, 1.165) is 6.08 Å². The molecule has 0 fully saturated rings. The van der Waals surface area contributed by atoms with Crippen molar-refractivity contribution < 1.29 is 42.3 Å². The van der Waals surface area contributed by atoms with Crippen LogP contribution in [0.2, 0.25) is 0 Å². The van der Waals surface area contributed by atoms with E-state index in [2.05, 4.69) is 12.2 Å². The van der Waals surface area contributed by atoms with Crippen molar-refractivity contribution in [2.75, 3.05) is 6.54 Å². The van der Waals surface area contributed by atoms with Crippen LogP contribution in [-0.4, -0.2) is 18.2 Å². The minimum atomic E-state index is -0.287. The Balaban J connectivity index is -0.000000249. The van der Waals surface area contributed by atoms with Crippen molar-refractivity contribution >= 4 is 11.7 Å². The van der Waals surface area contributed by atoms with Gasteiger partial charge in [-0.2, -0.15) is 13.0 Å². The molecule has 0 aliphatic carbocycles. The number of carbonyl (C=O) groups excluding carboxylic acids is 2. The molecule has 0 unspecified atom stereocenters.